The Labute approximate surface area is 176 Å². The lowest BCUT2D eigenvalue weighted by Gasteiger charge is -2.14. The Morgan fingerprint density at radius 2 is 1.34 bits per heavy atom. The van der Waals surface area contributed by atoms with Crippen LogP contribution in [0.15, 0.2) is 89.8 Å². The fourth-order valence-electron chi connectivity index (χ4n) is 3.44. The minimum Gasteiger partial charge on any atom is -0.314 e. The zero-order valence-electron chi connectivity index (χ0n) is 16.1. The Bertz CT molecular complexity index is 1270. The number of benzene rings is 3. The fraction of sp³-hybridized carbons (Fsp3) is 0.0833. The summed E-state index contributed by atoms with van der Waals surface area (Å²) in [6.45, 7) is 2.01. The minimum atomic E-state index is -3.27. The van der Waals surface area contributed by atoms with E-state index in [1.54, 1.807) is 18.2 Å². The molecule has 4 rings (SSSR count). The highest BCUT2D eigenvalue weighted by Crippen LogP contribution is 2.30. The van der Waals surface area contributed by atoms with Crippen molar-refractivity contribution in [3.8, 4) is 28.1 Å². The van der Waals surface area contributed by atoms with E-state index in [1.807, 2.05) is 43.3 Å². The van der Waals surface area contributed by atoms with Crippen LogP contribution >= 0.6 is 11.6 Å². The average Bonchev–Trinajstić information content (AvgIpc) is 3.10. The van der Waals surface area contributed by atoms with Gasteiger partial charge >= 0.3 is 0 Å². The highest BCUT2D eigenvalue weighted by atomic mass is 35.5. The molecular weight excluding hydrogens is 402 g/mol. The van der Waals surface area contributed by atoms with E-state index < -0.39 is 9.84 Å². The summed E-state index contributed by atoms with van der Waals surface area (Å²) in [7, 11) is -3.27. The summed E-state index contributed by atoms with van der Waals surface area (Å²) in [4.78, 5) is 0.312. The van der Waals surface area contributed by atoms with Crippen LogP contribution in [-0.4, -0.2) is 19.2 Å². The number of rotatable bonds is 4. The lowest BCUT2D eigenvalue weighted by atomic mass is 10.0. The second-order valence-electron chi connectivity index (χ2n) is 7.05. The number of aryl methyl sites for hydroxylation is 1. The lowest BCUT2D eigenvalue weighted by molar-refractivity contribution is 0.602. The van der Waals surface area contributed by atoms with Crippen molar-refractivity contribution in [3.05, 3.63) is 95.6 Å². The van der Waals surface area contributed by atoms with Crippen molar-refractivity contribution < 1.29 is 8.42 Å². The summed E-state index contributed by atoms with van der Waals surface area (Å²) in [5, 5.41) is 0.718. The molecule has 5 heteroatoms. The number of aromatic nitrogens is 1. The minimum absolute atomic E-state index is 0.312. The molecule has 1 heterocycles. The first-order chi connectivity index (χ1) is 13.8. The van der Waals surface area contributed by atoms with Crippen molar-refractivity contribution in [2.75, 3.05) is 6.26 Å². The van der Waals surface area contributed by atoms with Crippen LogP contribution in [0.2, 0.25) is 5.02 Å². The van der Waals surface area contributed by atoms with Gasteiger partial charge < -0.3 is 4.57 Å². The van der Waals surface area contributed by atoms with Crippen molar-refractivity contribution in [3.63, 3.8) is 0 Å². The van der Waals surface area contributed by atoms with Gasteiger partial charge in [0.05, 0.1) is 10.6 Å². The predicted molar refractivity (Wildman–Crippen MR) is 119 cm³/mol. The molecule has 0 saturated carbocycles. The molecule has 0 saturated heterocycles. The van der Waals surface area contributed by atoms with Crippen molar-refractivity contribution >= 4 is 21.4 Å². The zero-order valence-corrected chi connectivity index (χ0v) is 17.7. The first-order valence-corrected chi connectivity index (χ1v) is 11.4. The topological polar surface area (TPSA) is 39.1 Å². The summed E-state index contributed by atoms with van der Waals surface area (Å²) >= 11 is 5.98. The van der Waals surface area contributed by atoms with Gasteiger partial charge in [-0.15, -0.1) is 0 Å². The van der Waals surface area contributed by atoms with Crippen LogP contribution in [0.3, 0.4) is 0 Å². The number of nitrogens with zero attached hydrogens (tertiary/aromatic N) is 1. The smallest absolute Gasteiger partial charge is 0.175 e. The first kappa shape index (κ1) is 19.5. The van der Waals surface area contributed by atoms with Gasteiger partial charge in [-0.05, 0) is 66.1 Å². The van der Waals surface area contributed by atoms with Gasteiger partial charge in [0.25, 0.3) is 0 Å². The standard InChI is InChI=1S/C24H20ClNO2S/c1-17-6-15-24(26(17)22-4-3-5-23(16-22)29(2,27)28)20-9-7-18(8-10-20)19-11-13-21(25)14-12-19/h3-16H,1-2H3. The third-order valence-corrected chi connectivity index (χ3v) is 6.30. The van der Waals surface area contributed by atoms with Gasteiger partial charge in [0.15, 0.2) is 9.84 Å². The molecule has 146 valence electrons. The van der Waals surface area contributed by atoms with Crippen LogP contribution in [0, 0.1) is 6.92 Å². The van der Waals surface area contributed by atoms with E-state index in [1.165, 1.54) is 6.26 Å². The van der Waals surface area contributed by atoms with Crippen molar-refractivity contribution in [2.45, 2.75) is 11.8 Å². The highest BCUT2D eigenvalue weighted by molar-refractivity contribution is 7.90. The number of hydrogen-bond acceptors (Lipinski definition) is 2. The molecule has 0 unspecified atom stereocenters. The monoisotopic (exact) mass is 421 g/mol. The lowest BCUT2D eigenvalue weighted by Crippen LogP contribution is -2.02. The SMILES string of the molecule is Cc1ccc(-c2ccc(-c3ccc(Cl)cc3)cc2)n1-c1cccc(S(C)(=O)=O)c1. The largest absolute Gasteiger partial charge is 0.314 e. The Hall–Kier alpha value is -2.82. The summed E-state index contributed by atoms with van der Waals surface area (Å²) < 4.78 is 26.0. The van der Waals surface area contributed by atoms with E-state index in [0.29, 0.717) is 4.90 Å². The summed E-state index contributed by atoms with van der Waals surface area (Å²) in [6, 6.07) is 27.2. The fourth-order valence-corrected chi connectivity index (χ4v) is 4.22. The van der Waals surface area contributed by atoms with Crippen LogP contribution in [0.1, 0.15) is 5.69 Å². The van der Waals surface area contributed by atoms with Gasteiger partial charge in [0.1, 0.15) is 0 Å². The molecule has 0 spiro atoms. The van der Waals surface area contributed by atoms with Gasteiger partial charge in [-0.2, -0.15) is 0 Å². The van der Waals surface area contributed by atoms with Crippen LogP contribution in [-0.2, 0) is 9.84 Å². The number of sulfone groups is 1. The average molecular weight is 422 g/mol. The van der Waals surface area contributed by atoms with Gasteiger partial charge in [-0.3, -0.25) is 0 Å². The Balaban J connectivity index is 1.75. The van der Waals surface area contributed by atoms with E-state index in [2.05, 4.69) is 34.9 Å². The van der Waals surface area contributed by atoms with Crippen molar-refractivity contribution in [1.82, 2.24) is 4.57 Å². The molecular formula is C24H20ClNO2S. The molecule has 1 aromatic heterocycles. The van der Waals surface area contributed by atoms with Gasteiger partial charge in [-0.25, -0.2) is 8.42 Å². The molecule has 3 nitrogen and oxygen atoms in total. The Morgan fingerprint density at radius 3 is 1.97 bits per heavy atom. The molecule has 29 heavy (non-hydrogen) atoms. The predicted octanol–water partition coefficient (Wildman–Crippen LogP) is 6.18. The Morgan fingerprint density at radius 1 is 0.759 bits per heavy atom. The third-order valence-electron chi connectivity index (χ3n) is 4.94. The van der Waals surface area contributed by atoms with Gasteiger partial charge in [0.2, 0.25) is 0 Å². The van der Waals surface area contributed by atoms with Crippen molar-refractivity contribution in [2.24, 2.45) is 0 Å². The van der Waals surface area contributed by atoms with E-state index in [-0.39, 0.29) is 0 Å². The summed E-state index contributed by atoms with van der Waals surface area (Å²) in [6.07, 6.45) is 1.23. The normalized spacial score (nSPS) is 11.6. The van der Waals surface area contributed by atoms with Gasteiger partial charge in [0, 0.05) is 22.7 Å². The maximum atomic E-state index is 12.0. The van der Waals surface area contributed by atoms with E-state index in [0.717, 1.165) is 38.8 Å². The Kier molecular flexibility index (Phi) is 5.07. The summed E-state index contributed by atoms with van der Waals surface area (Å²) in [5.74, 6) is 0. The second-order valence-corrected chi connectivity index (χ2v) is 9.50. The van der Waals surface area contributed by atoms with Crippen LogP contribution < -0.4 is 0 Å². The summed E-state index contributed by atoms with van der Waals surface area (Å²) in [5.41, 5.74) is 6.14. The van der Waals surface area contributed by atoms with Crippen LogP contribution in [0.4, 0.5) is 0 Å². The van der Waals surface area contributed by atoms with E-state index in [4.69, 9.17) is 11.6 Å². The third kappa shape index (κ3) is 4.00. The van der Waals surface area contributed by atoms with Crippen LogP contribution in [0.25, 0.3) is 28.1 Å². The van der Waals surface area contributed by atoms with Gasteiger partial charge in [-0.1, -0.05) is 54.1 Å². The van der Waals surface area contributed by atoms with Crippen molar-refractivity contribution in [1.29, 1.82) is 0 Å². The molecule has 0 amide bonds. The van der Waals surface area contributed by atoms with Crippen LogP contribution in [0.5, 0.6) is 0 Å². The molecule has 0 N–H and O–H groups in total. The molecule has 0 radical (unpaired) electrons. The quantitative estimate of drug-likeness (QED) is 0.395. The molecule has 0 aliphatic heterocycles. The van der Waals surface area contributed by atoms with E-state index >= 15 is 0 Å². The maximum absolute atomic E-state index is 12.0. The molecule has 0 aliphatic rings. The zero-order chi connectivity index (χ0) is 20.6. The van der Waals surface area contributed by atoms with E-state index in [9.17, 15) is 8.42 Å². The molecule has 4 aromatic rings. The molecule has 3 aromatic carbocycles. The highest BCUT2D eigenvalue weighted by Gasteiger charge is 2.13. The number of halogens is 1. The molecule has 0 bridgehead atoms. The second kappa shape index (κ2) is 7.54. The maximum Gasteiger partial charge on any atom is 0.175 e. The first-order valence-electron chi connectivity index (χ1n) is 9.18. The molecule has 0 atom stereocenters. The molecule has 0 fully saturated rings. The molecule has 0 aliphatic carbocycles. The number of hydrogen-bond donors (Lipinski definition) is 0.